The number of sulfonamides is 1. The Kier molecular flexibility index (Phi) is 9.47. The molecule has 1 aromatic carbocycles. The van der Waals surface area contributed by atoms with Crippen molar-refractivity contribution in [3.05, 3.63) is 35.9 Å². The van der Waals surface area contributed by atoms with Gasteiger partial charge in [0.2, 0.25) is 21.8 Å². The molecule has 2 amide bonds. The fourth-order valence-corrected chi connectivity index (χ4v) is 5.93. The van der Waals surface area contributed by atoms with Gasteiger partial charge in [0.25, 0.3) is 0 Å². The Morgan fingerprint density at radius 2 is 1.91 bits per heavy atom. The van der Waals surface area contributed by atoms with Crippen LogP contribution < -0.4 is 11.3 Å². The number of nitrogens with zero attached hydrogens (tertiary/aromatic N) is 4. The summed E-state index contributed by atoms with van der Waals surface area (Å²) >= 11 is 0. The highest BCUT2D eigenvalue weighted by atomic mass is 32.2. The molecule has 3 N–H and O–H groups in total. The molecule has 0 bridgehead atoms. The zero-order valence-electron chi connectivity index (χ0n) is 20.4. The molecule has 0 radical (unpaired) electrons. The molecule has 2 aliphatic heterocycles. The van der Waals surface area contributed by atoms with E-state index in [-0.39, 0.29) is 24.8 Å². The van der Waals surface area contributed by atoms with Gasteiger partial charge in [0.05, 0.1) is 13.4 Å². The first kappa shape index (κ1) is 26.9. The van der Waals surface area contributed by atoms with Crippen molar-refractivity contribution in [3.8, 4) is 0 Å². The smallest absolute Gasteiger partial charge is 0.242 e. The number of carbonyl (C=O) groups excluding carboxylic acids is 2. The van der Waals surface area contributed by atoms with Crippen molar-refractivity contribution in [2.75, 3.05) is 39.5 Å². The minimum absolute atomic E-state index is 0.0846. The van der Waals surface area contributed by atoms with Crippen molar-refractivity contribution in [3.63, 3.8) is 0 Å². The molecule has 11 nitrogen and oxygen atoms in total. The Bertz CT molecular complexity index is 981. The quantitative estimate of drug-likeness (QED) is 0.246. The first-order chi connectivity index (χ1) is 16.7. The van der Waals surface area contributed by atoms with E-state index in [0.717, 1.165) is 24.7 Å². The van der Waals surface area contributed by atoms with Crippen LogP contribution in [0, 0.1) is 5.92 Å². The van der Waals surface area contributed by atoms with E-state index in [1.807, 2.05) is 35.2 Å². The van der Waals surface area contributed by atoms with Crippen LogP contribution in [0.15, 0.2) is 35.4 Å². The molecular weight excluding hydrogens is 472 g/mol. The summed E-state index contributed by atoms with van der Waals surface area (Å²) in [6.07, 6.45) is 5.70. The molecule has 12 heteroatoms. The Morgan fingerprint density at radius 3 is 2.51 bits per heavy atom. The van der Waals surface area contributed by atoms with E-state index < -0.39 is 28.0 Å². The van der Waals surface area contributed by atoms with Gasteiger partial charge in [-0.1, -0.05) is 30.3 Å². The number of piperidine rings is 1. The maximum atomic E-state index is 13.8. The minimum Gasteiger partial charge on any atom is -0.368 e. The zero-order chi connectivity index (χ0) is 25.4. The molecule has 2 fully saturated rings. The molecule has 194 valence electrons. The Balaban J connectivity index is 1.82. The van der Waals surface area contributed by atoms with E-state index in [0.29, 0.717) is 32.5 Å². The number of likely N-dealkylation sites (tertiary alicyclic amines) is 2. The summed E-state index contributed by atoms with van der Waals surface area (Å²) in [5.74, 6) is -0.839. The second-order valence-corrected chi connectivity index (χ2v) is 11.1. The van der Waals surface area contributed by atoms with Gasteiger partial charge in [-0.2, -0.15) is 9.89 Å². The predicted molar refractivity (Wildman–Crippen MR) is 132 cm³/mol. The summed E-state index contributed by atoms with van der Waals surface area (Å²) in [7, 11) is -2.25. The van der Waals surface area contributed by atoms with Crippen molar-refractivity contribution in [1.29, 1.82) is 0 Å². The van der Waals surface area contributed by atoms with E-state index in [2.05, 4.69) is 10.7 Å². The Labute approximate surface area is 207 Å². The topological polar surface area (TPSA) is 138 Å². The Morgan fingerprint density at radius 1 is 1.23 bits per heavy atom. The second kappa shape index (κ2) is 12.3. The summed E-state index contributed by atoms with van der Waals surface area (Å²) in [4.78, 5) is 33.9. The van der Waals surface area contributed by atoms with Crippen LogP contribution in [0.5, 0.6) is 0 Å². The van der Waals surface area contributed by atoms with Crippen molar-refractivity contribution >= 4 is 28.2 Å². The molecule has 2 heterocycles. The van der Waals surface area contributed by atoms with Crippen LogP contribution in [0.4, 0.5) is 0 Å². The van der Waals surface area contributed by atoms with Gasteiger partial charge in [0, 0.05) is 26.2 Å². The highest BCUT2D eigenvalue weighted by Gasteiger charge is 2.41. The summed E-state index contributed by atoms with van der Waals surface area (Å²) in [5.41, 5.74) is 8.82. The van der Waals surface area contributed by atoms with Gasteiger partial charge in [-0.25, -0.2) is 8.42 Å². The van der Waals surface area contributed by atoms with E-state index in [1.165, 1.54) is 16.3 Å². The van der Waals surface area contributed by atoms with Crippen LogP contribution in [-0.2, 0) is 30.9 Å². The lowest BCUT2D eigenvalue weighted by Gasteiger charge is -2.37. The number of amides is 2. The molecule has 0 spiro atoms. The molecule has 3 rings (SSSR count). The van der Waals surface area contributed by atoms with Gasteiger partial charge in [-0.15, -0.1) is 5.10 Å². The Hall–Kier alpha value is -2.70. The number of nitrogens with two attached hydrogens (primary N) is 1. The molecule has 0 unspecified atom stereocenters. The predicted octanol–water partition coefficient (Wildman–Crippen LogP) is 0.142. The van der Waals surface area contributed by atoms with Crippen molar-refractivity contribution < 1.29 is 22.8 Å². The van der Waals surface area contributed by atoms with Crippen LogP contribution in [0.25, 0.3) is 0 Å². The zero-order valence-corrected chi connectivity index (χ0v) is 21.2. The molecule has 0 aromatic heterocycles. The third-order valence-corrected chi connectivity index (χ3v) is 7.90. The van der Waals surface area contributed by atoms with Gasteiger partial charge < -0.3 is 15.5 Å². The number of hydrazone groups is 1. The van der Waals surface area contributed by atoms with E-state index >= 15 is 0 Å². The van der Waals surface area contributed by atoms with E-state index in [9.17, 15) is 18.0 Å². The number of benzene rings is 1. The number of carbonyl (C=O) groups is 2. The fraction of sp³-hybridized carbons (Fsp3) is 0.609. The first-order valence-corrected chi connectivity index (χ1v) is 13.7. The SMILES string of the molecule is CONN=CN1CCC(CN([C@H](Cc2ccccc2)C(=O)N2CCC[C@H]2C(N)=O)S(C)(=O)=O)CC1. The number of hydrogen-bond donors (Lipinski definition) is 2. The van der Waals surface area contributed by atoms with Gasteiger partial charge in [-0.3, -0.25) is 14.4 Å². The van der Waals surface area contributed by atoms with Gasteiger partial charge in [0.1, 0.15) is 18.4 Å². The van der Waals surface area contributed by atoms with Crippen molar-refractivity contribution in [2.24, 2.45) is 16.8 Å². The molecule has 2 saturated heterocycles. The lowest BCUT2D eigenvalue weighted by atomic mass is 9.96. The normalized spacial score (nSPS) is 20.5. The summed E-state index contributed by atoms with van der Waals surface area (Å²) in [5, 5.41) is 3.94. The third kappa shape index (κ3) is 7.39. The number of hydrogen-bond acceptors (Lipinski definition) is 7. The molecule has 35 heavy (non-hydrogen) atoms. The largest absolute Gasteiger partial charge is 0.368 e. The minimum atomic E-state index is -3.72. The highest BCUT2D eigenvalue weighted by Crippen LogP contribution is 2.25. The number of nitrogens with one attached hydrogen (secondary N) is 1. The average molecular weight is 509 g/mol. The molecule has 0 aliphatic carbocycles. The van der Waals surface area contributed by atoms with Gasteiger partial charge in [0.15, 0.2) is 0 Å². The molecule has 2 atom stereocenters. The van der Waals surface area contributed by atoms with Gasteiger partial charge >= 0.3 is 0 Å². The standard InChI is InChI=1S/C23H36N6O5S/c1-34-26-25-17-27-13-10-19(11-14-27)16-29(35(2,32)33)21(15-18-7-4-3-5-8-18)23(31)28-12-6-9-20(28)22(24)30/h3-5,7-8,17,19-21,26H,6,9-16H2,1-2H3,(H2,24,30)/t20-,21+/m0/s1. The number of primary amides is 1. The van der Waals surface area contributed by atoms with Gasteiger partial charge in [-0.05, 0) is 43.6 Å². The van der Waals surface area contributed by atoms with Crippen LogP contribution in [0.3, 0.4) is 0 Å². The summed E-state index contributed by atoms with van der Waals surface area (Å²) in [6, 6.07) is 7.70. The van der Waals surface area contributed by atoms with E-state index in [4.69, 9.17) is 10.6 Å². The third-order valence-electron chi connectivity index (χ3n) is 6.65. The van der Waals surface area contributed by atoms with Crippen molar-refractivity contribution in [1.82, 2.24) is 19.7 Å². The molecular formula is C23H36N6O5S. The maximum Gasteiger partial charge on any atom is 0.242 e. The van der Waals surface area contributed by atoms with Crippen LogP contribution >= 0.6 is 0 Å². The van der Waals surface area contributed by atoms with E-state index in [1.54, 1.807) is 6.34 Å². The molecule has 2 aliphatic rings. The molecule has 1 aromatic rings. The van der Waals surface area contributed by atoms with Crippen LogP contribution in [-0.4, -0.2) is 92.3 Å². The monoisotopic (exact) mass is 508 g/mol. The van der Waals surface area contributed by atoms with Crippen molar-refractivity contribution in [2.45, 2.75) is 44.2 Å². The number of rotatable bonds is 11. The summed E-state index contributed by atoms with van der Waals surface area (Å²) in [6.45, 7) is 2.05. The highest BCUT2D eigenvalue weighted by molar-refractivity contribution is 7.88. The molecule has 0 saturated carbocycles. The van der Waals surface area contributed by atoms with Crippen LogP contribution in [0.2, 0.25) is 0 Å². The first-order valence-electron chi connectivity index (χ1n) is 11.9. The van der Waals surface area contributed by atoms with Crippen LogP contribution in [0.1, 0.15) is 31.2 Å². The average Bonchev–Trinajstić information content (AvgIpc) is 3.32. The summed E-state index contributed by atoms with van der Waals surface area (Å²) < 4.78 is 27.4. The second-order valence-electron chi connectivity index (χ2n) is 9.15. The lowest BCUT2D eigenvalue weighted by molar-refractivity contribution is -0.140. The lowest BCUT2D eigenvalue weighted by Crippen LogP contribution is -2.56. The fourth-order valence-electron chi connectivity index (χ4n) is 4.82. The maximum absolute atomic E-state index is 13.8.